The van der Waals surface area contributed by atoms with E-state index in [9.17, 15) is 18.0 Å². The van der Waals surface area contributed by atoms with E-state index < -0.39 is 10.0 Å². The van der Waals surface area contributed by atoms with Crippen LogP contribution in [0.15, 0.2) is 47.4 Å². The molecule has 154 valence electrons. The lowest BCUT2D eigenvalue weighted by molar-refractivity contribution is -0.118. The minimum atomic E-state index is -3.49. The first-order chi connectivity index (χ1) is 13.8. The summed E-state index contributed by atoms with van der Waals surface area (Å²) in [4.78, 5) is 23.8. The van der Waals surface area contributed by atoms with Crippen molar-refractivity contribution >= 4 is 27.4 Å². The maximum Gasteiger partial charge on any atom is 0.262 e. The van der Waals surface area contributed by atoms with E-state index in [-0.39, 0.29) is 23.2 Å². The SMILES string of the molecule is CC(=O)c1cccc(NC(=O)COc2ccc(S(=O)(=O)N3CCCC3)cc2C)c1. The third kappa shape index (κ3) is 5.02. The van der Waals surface area contributed by atoms with Crippen molar-refractivity contribution < 1.29 is 22.7 Å². The Morgan fingerprint density at radius 2 is 1.83 bits per heavy atom. The normalized spacial score (nSPS) is 14.6. The molecule has 0 saturated carbocycles. The average molecular weight is 416 g/mol. The lowest BCUT2D eigenvalue weighted by atomic mass is 10.1. The fourth-order valence-corrected chi connectivity index (χ4v) is 4.78. The maximum absolute atomic E-state index is 12.6. The molecular formula is C21H24N2O5S. The van der Waals surface area contributed by atoms with Gasteiger partial charge < -0.3 is 10.1 Å². The molecule has 0 aromatic heterocycles. The van der Waals surface area contributed by atoms with Gasteiger partial charge >= 0.3 is 0 Å². The van der Waals surface area contributed by atoms with Gasteiger partial charge in [0, 0.05) is 24.3 Å². The van der Waals surface area contributed by atoms with Crippen molar-refractivity contribution in [2.75, 3.05) is 25.0 Å². The smallest absolute Gasteiger partial charge is 0.262 e. The van der Waals surface area contributed by atoms with Crippen LogP contribution in [0.4, 0.5) is 5.69 Å². The van der Waals surface area contributed by atoms with Gasteiger partial charge in [-0.05, 0) is 62.6 Å². The topological polar surface area (TPSA) is 92.8 Å². The zero-order chi connectivity index (χ0) is 21.0. The highest BCUT2D eigenvalue weighted by atomic mass is 32.2. The summed E-state index contributed by atoms with van der Waals surface area (Å²) in [5.74, 6) is -0.0196. The van der Waals surface area contributed by atoms with Crippen molar-refractivity contribution in [2.45, 2.75) is 31.6 Å². The summed E-state index contributed by atoms with van der Waals surface area (Å²) in [6, 6.07) is 11.3. The van der Waals surface area contributed by atoms with E-state index in [0.717, 1.165) is 12.8 Å². The zero-order valence-corrected chi connectivity index (χ0v) is 17.3. The lowest BCUT2D eigenvalue weighted by Crippen LogP contribution is -2.27. The molecule has 29 heavy (non-hydrogen) atoms. The van der Waals surface area contributed by atoms with E-state index in [4.69, 9.17) is 4.74 Å². The van der Waals surface area contributed by atoms with E-state index in [1.165, 1.54) is 17.3 Å². The van der Waals surface area contributed by atoms with Crippen LogP contribution in [0.3, 0.4) is 0 Å². The number of sulfonamides is 1. The highest BCUT2D eigenvalue weighted by molar-refractivity contribution is 7.89. The van der Waals surface area contributed by atoms with E-state index in [1.807, 2.05) is 0 Å². The molecule has 0 spiro atoms. The molecule has 1 amide bonds. The quantitative estimate of drug-likeness (QED) is 0.701. The molecule has 0 aliphatic carbocycles. The number of ketones is 1. The van der Waals surface area contributed by atoms with Crippen LogP contribution in [0.25, 0.3) is 0 Å². The highest BCUT2D eigenvalue weighted by Gasteiger charge is 2.27. The molecular weight excluding hydrogens is 392 g/mol. The second kappa shape index (κ2) is 8.75. The van der Waals surface area contributed by atoms with E-state index in [1.54, 1.807) is 43.3 Å². The molecule has 1 fully saturated rings. The number of Topliss-reactive ketones (excluding diaryl/α,β-unsaturated/α-hetero) is 1. The van der Waals surface area contributed by atoms with Crippen LogP contribution in [0, 0.1) is 6.92 Å². The van der Waals surface area contributed by atoms with Gasteiger partial charge in [0.05, 0.1) is 4.90 Å². The average Bonchev–Trinajstić information content (AvgIpc) is 3.23. The number of carbonyl (C=O) groups excluding carboxylic acids is 2. The molecule has 3 rings (SSSR count). The summed E-state index contributed by atoms with van der Waals surface area (Å²) in [6.45, 7) is 4.06. The monoisotopic (exact) mass is 416 g/mol. The van der Waals surface area contributed by atoms with Crippen LogP contribution in [0.5, 0.6) is 5.75 Å². The van der Waals surface area contributed by atoms with Gasteiger partial charge in [-0.1, -0.05) is 12.1 Å². The van der Waals surface area contributed by atoms with Crippen LogP contribution < -0.4 is 10.1 Å². The number of rotatable bonds is 7. The summed E-state index contributed by atoms with van der Waals surface area (Å²) in [5, 5.41) is 2.68. The van der Waals surface area contributed by atoms with Crippen molar-refractivity contribution in [3.63, 3.8) is 0 Å². The number of anilines is 1. The molecule has 1 N–H and O–H groups in total. The number of amides is 1. The predicted molar refractivity (Wildman–Crippen MR) is 110 cm³/mol. The maximum atomic E-state index is 12.6. The second-order valence-corrected chi connectivity index (χ2v) is 8.95. The lowest BCUT2D eigenvalue weighted by Gasteiger charge is -2.17. The van der Waals surface area contributed by atoms with Crippen molar-refractivity contribution in [1.82, 2.24) is 4.31 Å². The molecule has 2 aromatic carbocycles. The molecule has 0 atom stereocenters. The first-order valence-electron chi connectivity index (χ1n) is 9.42. The number of nitrogens with one attached hydrogen (secondary N) is 1. The van der Waals surface area contributed by atoms with Crippen LogP contribution >= 0.6 is 0 Å². The molecule has 7 nitrogen and oxygen atoms in total. The summed E-state index contributed by atoms with van der Waals surface area (Å²) in [6.07, 6.45) is 1.76. The Morgan fingerprint density at radius 3 is 2.48 bits per heavy atom. The Morgan fingerprint density at radius 1 is 1.10 bits per heavy atom. The Hall–Kier alpha value is -2.71. The molecule has 0 radical (unpaired) electrons. The molecule has 1 aliphatic heterocycles. The van der Waals surface area contributed by atoms with E-state index in [0.29, 0.717) is 35.7 Å². The van der Waals surface area contributed by atoms with Gasteiger partial charge in [0.2, 0.25) is 10.0 Å². The molecule has 2 aromatic rings. The minimum absolute atomic E-state index is 0.0862. The van der Waals surface area contributed by atoms with Gasteiger partial charge in [-0.3, -0.25) is 9.59 Å². The van der Waals surface area contributed by atoms with Crippen molar-refractivity contribution in [3.05, 3.63) is 53.6 Å². The number of hydrogen-bond donors (Lipinski definition) is 1. The Labute approximate surface area is 170 Å². The van der Waals surface area contributed by atoms with Gasteiger partial charge in [0.1, 0.15) is 5.75 Å². The van der Waals surface area contributed by atoms with Gasteiger partial charge in [0.15, 0.2) is 12.4 Å². The summed E-state index contributed by atoms with van der Waals surface area (Å²) in [5.41, 5.74) is 1.65. The van der Waals surface area contributed by atoms with Crippen molar-refractivity contribution in [2.24, 2.45) is 0 Å². The number of benzene rings is 2. The number of nitrogens with zero attached hydrogens (tertiary/aromatic N) is 1. The summed E-state index contributed by atoms with van der Waals surface area (Å²) >= 11 is 0. The highest BCUT2D eigenvalue weighted by Crippen LogP contribution is 2.26. The van der Waals surface area contributed by atoms with Crippen molar-refractivity contribution in [3.8, 4) is 5.75 Å². The molecule has 0 unspecified atom stereocenters. The van der Waals surface area contributed by atoms with Gasteiger partial charge in [-0.2, -0.15) is 4.31 Å². The summed E-state index contributed by atoms with van der Waals surface area (Å²) < 4.78 is 32.3. The second-order valence-electron chi connectivity index (χ2n) is 7.01. The third-order valence-corrected chi connectivity index (χ3v) is 6.66. The van der Waals surface area contributed by atoms with Gasteiger partial charge in [-0.15, -0.1) is 0 Å². The molecule has 8 heteroatoms. The molecule has 1 heterocycles. The first kappa shape index (κ1) is 21.0. The Kier molecular flexibility index (Phi) is 6.34. The standard InChI is InChI=1S/C21H24N2O5S/c1-15-12-19(29(26,27)23-10-3-4-11-23)8-9-20(15)28-14-21(25)22-18-7-5-6-17(13-18)16(2)24/h5-9,12-13H,3-4,10-11,14H2,1-2H3,(H,22,25). The third-order valence-electron chi connectivity index (χ3n) is 4.76. The molecule has 1 saturated heterocycles. The van der Waals surface area contributed by atoms with E-state index >= 15 is 0 Å². The Balaban J connectivity index is 1.63. The van der Waals surface area contributed by atoms with E-state index in [2.05, 4.69) is 5.32 Å². The van der Waals surface area contributed by atoms with Gasteiger partial charge in [-0.25, -0.2) is 8.42 Å². The minimum Gasteiger partial charge on any atom is -0.483 e. The number of aryl methyl sites for hydroxylation is 1. The molecule has 0 bridgehead atoms. The zero-order valence-electron chi connectivity index (χ0n) is 16.5. The Bertz CT molecular complexity index is 1030. The van der Waals surface area contributed by atoms with Crippen LogP contribution in [0.1, 0.15) is 35.7 Å². The molecule has 1 aliphatic rings. The fourth-order valence-electron chi connectivity index (χ4n) is 3.18. The number of hydrogen-bond acceptors (Lipinski definition) is 5. The summed E-state index contributed by atoms with van der Waals surface area (Å²) in [7, 11) is -3.49. The van der Waals surface area contributed by atoms with Crippen LogP contribution in [-0.4, -0.2) is 44.1 Å². The largest absolute Gasteiger partial charge is 0.483 e. The van der Waals surface area contributed by atoms with Crippen LogP contribution in [0.2, 0.25) is 0 Å². The fraction of sp³-hybridized carbons (Fsp3) is 0.333. The number of carbonyl (C=O) groups is 2. The first-order valence-corrected chi connectivity index (χ1v) is 10.9. The predicted octanol–water partition coefficient (Wildman–Crippen LogP) is 3.00. The van der Waals surface area contributed by atoms with Crippen LogP contribution in [-0.2, 0) is 14.8 Å². The number of ether oxygens (including phenoxy) is 1. The van der Waals surface area contributed by atoms with Crippen molar-refractivity contribution in [1.29, 1.82) is 0 Å². The van der Waals surface area contributed by atoms with Gasteiger partial charge in [0.25, 0.3) is 5.91 Å².